The number of carbonyl (C=O) groups excluding carboxylic acids is 1. The predicted octanol–water partition coefficient (Wildman–Crippen LogP) is 4.21. The summed E-state index contributed by atoms with van der Waals surface area (Å²) in [4.78, 5) is 12.1. The van der Waals surface area contributed by atoms with Crippen molar-refractivity contribution >= 4 is 33.6 Å². The maximum absolute atomic E-state index is 12.1. The Hall–Kier alpha value is -3.29. The zero-order valence-electron chi connectivity index (χ0n) is 14.7. The molecule has 0 spiro atoms. The van der Waals surface area contributed by atoms with Crippen molar-refractivity contribution in [3.63, 3.8) is 0 Å². The molecule has 0 saturated heterocycles. The maximum atomic E-state index is 12.1. The standard InChI is InChI=1S/C20H16BrN3O3/c1-13-3-5-16(6-4-13)24-20(25)12-27-19-9-17(21)15(8-18(19)26-2)7-14(10-22)11-23/h3-9H,12H2,1-2H3,(H,24,25). The zero-order chi connectivity index (χ0) is 19.8. The number of amides is 1. The van der Waals surface area contributed by atoms with Crippen molar-refractivity contribution in [3.8, 4) is 23.6 Å². The minimum atomic E-state index is -0.308. The van der Waals surface area contributed by atoms with Crippen LogP contribution in [0, 0.1) is 29.6 Å². The molecular formula is C20H16BrN3O3. The summed E-state index contributed by atoms with van der Waals surface area (Å²) in [6.45, 7) is 1.77. The minimum Gasteiger partial charge on any atom is -0.493 e. The Morgan fingerprint density at radius 2 is 1.85 bits per heavy atom. The molecular weight excluding hydrogens is 410 g/mol. The number of benzene rings is 2. The Morgan fingerprint density at radius 1 is 1.19 bits per heavy atom. The van der Waals surface area contributed by atoms with Crippen LogP contribution in [0.4, 0.5) is 5.69 Å². The fourth-order valence-corrected chi connectivity index (χ4v) is 2.59. The van der Waals surface area contributed by atoms with E-state index in [0.29, 0.717) is 27.2 Å². The van der Waals surface area contributed by atoms with Crippen molar-refractivity contribution in [2.24, 2.45) is 0 Å². The third-order valence-electron chi connectivity index (χ3n) is 3.52. The van der Waals surface area contributed by atoms with E-state index in [1.807, 2.05) is 31.2 Å². The number of ether oxygens (including phenoxy) is 2. The van der Waals surface area contributed by atoms with Crippen LogP contribution < -0.4 is 14.8 Å². The molecule has 2 aromatic rings. The average molecular weight is 426 g/mol. The molecule has 1 amide bonds. The summed E-state index contributed by atoms with van der Waals surface area (Å²) in [7, 11) is 1.46. The van der Waals surface area contributed by atoms with Gasteiger partial charge in [0.15, 0.2) is 18.1 Å². The number of halogens is 1. The molecule has 0 aliphatic carbocycles. The normalized spacial score (nSPS) is 9.52. The Bertz CT molecular complexity index is 938. The molecule has 0 saturated carbocycles. The van der Waals surface area contributed by atoms with E-state index in [4.69, 9.17) is 20.0 Å². The first-order valence-corrected chi connectivity index (χ1v) is 8.65. The summed E-state index contributed by atoms with van der Waals surface area (Å²) in [5.41, 5.74) is 2.33. The van der Waals surface area contributed by atoms with Gasteiger partial charge in [0.05, 0.1) is 7.11 Å². The molecule has 7 heteroatoms. The molecule has 27 heavy (non-hydrogen) atoms. The van der Waals surface area contributed by atoms with Gasteiger partial charge in [0.1, 0.15) is 17.7 Å². The quantitative estimate of drug-likeness (QED) is 0.699. The monoisotopic (exact) mass is 425 g/mol. The highest BCUT2D eigenvalue weighted by atomic mass is 79.9. The van der Waals surface area contributed by atoms with E-state index >= 15 is 0 Å². The third kappa shape index (κ3) is 5.60. The Balaban J connectivity index is 2.12. The van der Waals surface area contributed by atoms with Crippen molar-refractivity contribution in [1.29, 1.82) is 10.5 Å². The number of nitrogens with one attached hydrogen (secondary N) is 1. The van der Waals surface area contributed by atoms with Gasteiger partial charge in [-0.3, -0.25) is 4.79 Å². The lowest BCUT2D eigenvalue weighted by atomic mass is 10.1. The van der Waals surface area contributed by atoms with Gasteiger partial charge < -0.3 is 14.8 Å². The zero-order valence-corrected chi connectivity index (χ0v) is 16.3. The van der Waals surface area contributed by atoms with E-state index in [9.17, 15) is 4.79 Å². The lowest BCUT2D eigenvalue weighted by Crippen LogP contribution is -2.20. The first kappa shape index (κ1) is 20.0. The first-order chi connectivity index (χ1) is 13.0. The van der Waals surface area contributed by atoms with Crippen molar-refractivity contribution in [2.75, 3.05) is 19.0 Å². The van der Waals surface area contributed by atoms with Gasteiger partial charge in [0.2, 0.25) is 0 Å². The number of aryl methyl sites for hydroxylation is 1. The van der Waals surface area contributed by atoms with Crippen LogP contribution >= 0.6 is 15.9 Å². The predicted molar refractivity (Wildman–Crippen MR) is 105 cm³/mol. The molecule has 0 radical (unpaired) electrons. The van der Waals surface area contributed by atoms with Crippen molar-refractivity contribution < 1.29 is 14.3 Å². The summed E-state index contributed by atoms with van der Waals surface area (Å²) in [6, 6.07) is 14.3. The molecule has 6 nitrogen and oxygen atoms in total. The second kappa shape index (κ2) is 9.42. The van der Waals surface area contributed by atoms with E-state index in [-0.39, 0.29) is 18.1 Å². The minimum absolute atomic E-state index is 0.0381. The van der Waals surface area contributed by atoms with Gasteiger partial charge in [0, 0.05) is 10.2 Å². The molecule has 0 heterocycles. The Labute approximate surface area is 165 Å². The number of carbonyl (C=O) groups is 1. The van der Waals surface area contributed by atoms with Gasteiger partial charge in [-0.15, -0.1) is 0 Å². The highest BCUT2D eigenvalue weighted by molar-refractivity contribution is 9.10. The summed E-state index contributed by atoms with van der Waals surface area (Å²) in [5, 5.41) is 20.5. The molecule has 0 atom stereocenters. The van der Waals surface area contributed by atoms with Crippen molar-refractivity contribution in [3.05, 3.63) is 57.6 Å². The number of hydrogen-bond acceptors (Lipinski definition) is 5. The lowest BCUT2D eigenvalue weighted by Gasteiger charge is -2.13. The largest absolute Gasteiger partial charge is 0.493 e. The summed E-state index contributed by atoms with van der Waals surface area (Å²) in [6.07, 6.45) is 1.43. The second-order valence-electron chi connectivity index (χ2n) is 5.51. The average Bonchev–Trinajstić information content (AvgIpc) is 2.67. The first-order valence-electron chi connectivity index (χ1n) is 7.85. The number of nitrogens with zero attached hydrogens (tertiary/aromatic N) is 2. The van der Waals surface area contributed by atoms with Crippen molar-refractivity contribution in [1.82, 2.24) is 0 Å². The smallest absolute Gasteiger partial charge is 0.262 e. The highest BCUT2D eigenvalue weighted by Gasteiger charge is 2.12. The fraction of sp³-hybridized carbons (Fsp3) is 0.150. The maximum Gasteiger partial charge on any atom is 0.262 e. The van der Waals surface area contributed by atoms with E-state index in [2.05, 4.69) is 21.2 Å². The van der Waals surface area contributed by atoms with Gasteiger partial charge in [0.25, 0.3) is 5.91 Å². The van der Waals surface area contributed by atoms with E-state index in [1.54, 1.807) is 24.3 Å². The van der Waals surface area contributed by atoms with Crippen LogP contribution in [0.3, 0.4) is 0 Å². The van der Waals surface area contributed by atoms with Crippen LogP contribution in [0.5, 0.6) is 11.5 Å². The van der Waals surface area contributed by atoms with Gasteiger partial charge in [-0.1, -0.05) is 33.6 Å². The molecule has 2 aromatic carbocycles. The number of allylic oxidation sites excluding steroid dienone is 1. The number of nitriles is 2. The number of hydrogen-bond donors (Lipinski definition) is 1. The van der Waals surface area contributed by atoms with Gasteiger partial charge in [-0.05, 0) is 42.8 Å². The van der Waals surface area contributed by atoms with Crippen LogP contribution in [0.15, 0.2) is 46.4 Å². The number of anilines is 1. The summed E-state index contributed by atoms with van der Waals surface area (Å²) < 4.78 is 11.4. The van der Waals surface area contributed by atoms with Gasteiger partial charge in [-0.2, -0.15) is 10.5 Å². The molecule has 0 aliphatic heterocycles. The SMILES string of the molecule is COc1cc(C=C(C#N)C#N)c(Br)cc1OCC(=O)Nc1ccc(C)cc1. The second-order valence-corrected chi connectivity index (χ2v) is 6.36. The topological polar surface area (TPSA) is 95.1 Å². The Morgan fingerprint density at radius 3 is 2.44 bits per heavy atom. The number of methoxy groups -OCH3 is 1. The van der Waals surface area contributed by atoms with E-state index < -0.39 is 0 Å². The summed E-state index contributed by atoms with van der Waals surface area (Å²) >= 11 is 3.37. The van der Waals surface area contributed by atoms with E-state index in [0.717, 1.165) is 5.56 Å². The van der Waals surface area contributed by atoms with E-state index in [1.165, 1.54) is 13.2 Å². The third-order valence-corrected chi connectivity index (χ3v) is 4.20. The lowest BCUT2D eigenvalue weighted by molar-refractivity contribution is -0.118. The molecule has 0 bridgehead atoms. The van der Waals surface area contributed by atoms with Crippen LogP contribution in [0.1, 0.15) is 11.1 Å². The molecule has 0 unspecified atom stereocenters. The van der Waals surface area contributed by atoms with Crippen LogP contribution in [-0.4, -0.2) is 19.6 Å². The highest BCUT2D eigenvalue weighted by Crippen LogP contribution is 2.34. The molecule has 0 aliphatic rings. The van der Waals surface area contributed by atoms with Gasteiger partial charge >= 0.3 is 0 Å². The van der Waals surface area contributed by atoms with Crippen LogP contribution in [0.2, 0.25) is 0 Å². The van der Waals surface area contributed by atoms with Crippen molar-refractivity contribution in [2.45, 2.75) is 6.92 Å². The van der Waals surface area contributed by atoms with Crippen LogP contribution in [0.25, 0.3) is 6.08 Å². The fourth-order valence-electron chi connectivity index (χ4n) is 2.16. The molecule has 2 rings (SSSR count). The molecule has 0 aromatic heterocycles. The molecule has 0 fully saturated rings. The Kier molecular flexibility index (Phi) is 6.99. The summed E-state index contributed by atoms with van der Waals surface area (Å²) in [5.74, 6) is 0.427. The molecule has 136 valence electrons. The van der Waals surface area contributed by atoms with Crippen LogP contribution in [-0.2, 0) is 4.79 Å². The van der Waals surface area contributed by atoms with Gasteiger partial charge in [-0.25, -0.2) is 0 Å². The molecule has 1 N–H and O–H groups in total. The number of rotatable bonds is 6.